The minimum absolute atomic E-state index is 0.163. The van der Waals surface area contributed by atoms with E-state index < -0.39 is 0 Å². The van der Waals surface area contributed by atoms with E-state index in [1.165, 1.54) is 22.3 Å². The van der Waals surface area contributed by atoms with E-state index in [4.69, 9.17) is 4.52 Å². The molecule has 0 spiro atoms. The lowest BCUT2D eigenvalue weighted by Crippen LogP contribution is -2.48. The Kier molecular flexibility index (Phi) is 7.10. The normalized spacial score (nSPS) is 15.6. The van der Waals surface area contributed by atoms with Crippen molar-refractivity contribution in [1.29, 1.82) is 5.26 Å². The molecule has 40 heavy (non-hydrogen) atoms. The minimum Gasteiger partial charge on any atom is -0.368 e. The Labute approximate surface area is 235 Å². The number of carbonyl (C=O) groups is 1. The maximum absolute atomic E-state index is 12.7. The van der Waals surface area contributed by atoms with E-state index in [1.54, 1.807) is 13.0 Å². The van der Waals surface area contributed by atoms with Crippen LogP contribution in [0.1, 0.15) is 50.9 Å². The highest BCUT2D eigenvalue weighted by Crippen LogP contribution is 2.37. The number of anilines is 2. The van der Waals surface area contributed by atoms with Gasteiger partial charge in [-0.1, -0.05) is 53.7 Å². The Morgan fingerprint density at radius 2 is 1.62 bits per heavy atom. The summed E-state index contributed by atoms with van der Waals surface area (Å²) in [6, 6.07) is 25.9. The molecule has 1 aliphatic carbocycles. The molecule has 1 saturated heterocycles. The number of fused-ring (bicyclic) bond motifs is 2. The first-order valence-electron chi connectivity index (χ1n) is 13.9. The van der Waals surface area contributed by atoms with Crippen LogP contribution in [0.3, 0.4) is 0 Å². The van der Waals surface area contributed by atoms with Crippen LogP contribution in [-0.2, 0) is 24.1 Å². The van der Waals surface area contributed by atoms with Gasteiger partial charge in [-0.05, 0) is 67.1 Å². The summed E-state index contributed by atoms with van der Waals surface area (Å²) in [4.78, 5) is 17.6. The molecule has 1 aliphatic heterocycles. The molecule has 1 fully saturated rings. The zero-order valence-electron chi connectivity index (χ0n) is 23.0. The molecule has 0 radical (unpaired) electrons. The molecule has 6 rings (SSSR count). The summed E-state index contributed by atoms with van der Waals surface area (Å²) in [5.41, 5.74) is 9.30. The van der Waals surface area contributed by atoms with Crippen molar-refractivity contribution in [3.8, 4) is 6.07 Å². The van der Waals surface area contributed by atoms with Crippen molar-refractivity contribution in [2.24, 2.45) is 0 Å². The molecule has 0 unspecified atom stereocenters. The number of amides is 1. The van der Waals surface area contributed by atoms with Gasteiger partial charge in [0.2, 0.25) is 5.91 Å². The smallest absolute Gasteiger partial charge is 0.229 e. The lowest BCUT2D eigenvalue weighted by Gasteiger charge is -2.41. The largest absolute Gasteiger partial charge is 0.368 e. The van der Waals surface area contributed by atoms with Gasteiger partial charge in [0.05, 0.1) is 29.4 Å². The Balaban J connectivity index is 1.17. The SMILES string of the molecule is Cc1noc(C)c1CC(=O)Nc1ccc(N2CCN(C3c4ccccc4CCc4ccccc43)CC2)c(C#N)c1. The van der Waals surface area contributed by atoms with E-state index in [-0.39, 0.29) is 18.4 Å². The predicted octanol–water partition coefficient (Wildman–Crippen LogP) is 5.35. The fourth-order valence-electron chi connectivity index (χ4n) is 6.21. The lowest BCUT2D eigenvalue weighted by molar-refractivity contribution is -0.115. The maximum Gasteiger partial charge on any atom is 0.229 e. The molecule has 0 saturated carbocycles. The Hall–Kier alpha value is -4.41. The van der Waals surface area contributed by atoms with Gasteiger partial charge >= 0.3 is 0 Å². The predicted molar refractivity (Wildman–Crippen MR) is 155 cm³/mol. The molecule has 4 aromatic rings. The van der Waals surface area contributed by atoms with E-state index >= 15 is 0 Å². The number of aromatic nitrogens is 1. The van der Waals surface area contributed by atoms with Gasteiger partial charge in [0.15, 0.2) is 0 Å². The molecule has 7 heteroatoms. The fourth-order valence-corrected chi connectivity index (χ4v) is 6.21. The molecular formula is C33H33N5O2. The molecule has 0 bridgehead atoms. The Morgan fingerprint density at radius 1 is 0.975 bits per heavy atom. The van der Waals surface area contributed by atoms with E-state index in [0.29, 0.717) is 17.0 Å². The van der Waals surface area contributed by atoms with Gasteiger partial charge in [-0.15, -0.1) is 0 Å². The number of carbonyl (C=O) groups excluding carboxylic acids is 1. The number of hydrogen-bond acceptors (Lipinski definition) is 6. The number of rotatable bonds is 5. The number of benzene rings is 3. The van der Waals surface area contributed by atoms with Crippen LogP contribution >= 0.6 is 0 Å². The van der Waals surface area contributed by atoms with Crippen LogP contribution < -0.4 is 10.2 Å². The zero-order valence-corrected chi connectivity index (χ0v) is 23.0. The van der Waals surface area contributed by atoms with Gasteiger partial charge in [-0.3, -0.25) is 9.69 Å². The number of nitrogens with zero attached hydrogens (tertiary/aromatic N) is 4. The third kappa shape index (κ3) is 4.99. The molecule has 1 aromatic heterocycles. The van der Waals surface area contributed by atoms with Crippen molar-refractivity contribution >= 4 is 17.3 Å². The van der Waals surface area contributed by atoms with Crippen LogP contribution in [0.25, 0.3) is 0 Å². The molecule has 7 nitrogen and oxygen atoms in total. The fraction of sp³-hybridized carbons (Fsp3) is 0.303. The summed E-state index contributed by atoms with van der Waals surface area (Å²) < 4.78 is 5.17. The number of hydrogen-bond donors (Lipinski definition) is 1. The molecule has 3 aromatic carbocycles. The van der Waals surface area contributed by atoms with Gasteiger partial charge < -0.3 is 14.7 Å². The van der Waals surface area contributed by atoms with Crippen LogP contribution in [0.5, 0.6) is 0 Å². The topological polar surface area (TPSA) is 85.4 Å². The van der Waals surface area contributed by atoms with E-state index in [9.17, 15) is 10.1 Å². The molecule has 2 aliphatic rings. The van der Waals surface area contributed by atoms with Crippen LogP contribution in [0, 0.1) is 25.2 Å². The summed E-state index contributed by atoms with van der Waals surface area (Å²) in [5, 5.41) is 16.8. The summed E-state index contributed by atoms with van der Waals surface area (Å²) in [5.74, 6) is 0.485. The molecule has 0 atom stereocenters. The molecule has 2 heterocycles. The summed E-state index contributed by atoms with van der Waals surface area (Å²) in [6.45, 7) is 7.08. The van der Waals surface area contributed by atoms with Crippen LogP contribution in [0.15, 0.2) is 71.3 Å². The third-order valence-corrected chi connectivity index (χ3v) is 8.30. The average molecular weight is 532 g/mol. The Bertz CT molecular complexity index is 1530. The highest BCUT2D eigenvalue weighted by molar-refractivity contribution is 5.93. The second-order valence-corrected chi connectivity index (χ2v) is 10.7. The maximum atomic E-state index is 12.7. The van der Waals surface area contributed by atoms with Gasteiger partial charge in [0.25, 0.3) is 0 Å². The summed E-state index contributed by atoms with van der Waals surface area (Å²) in [7, 11) is 0. The Morgan fingerprint density at radius 3 is 2.23 bits per heavy atom. The van der Waals surface area contributed by atoms with Crippen LogP contribution in [-0.4, -0.2) is 42.1 Å². The second-order valence-electron chi connectivity index (χ2n) is 10.7. The molecular weight excluding hydrogens is 498 g/mol. The zero-order chi connectivity index (χ0) is 27.6. The summed E-state index contributed by atoms with van der Waals surface area (Å²) >= 11 is 0. The van der Waals surface area contributed by atoms with Crippen molar-refractivity contribution in [2.75, 3.05) is 36.4 Å². The first-order chi connectivity index (χ1) is 19.5. The van der Waals surface area contributed by atoms with E-state index in [1.807, 2.05) is 19.1 Å². The number of nitrogens with one attached hydrogen (secondary N) is 1. The monoisotopic (exact) mass is 531 g/mol. The van der Waals surface area contributed by atoms with Gasteiger partial charge in [0.1, 0.15) is 11.8 Å². The van der Waals surface area contributed by atoms with Gasteiger partial charge in [-0.2, -0.15) is 5.26 Å². The van der Waals surface area contributed by atoms with Crippen molar-refractivity contribution in [3.05, 3.63) is 112 Å². The van der Waals surface area contributed by atoms with Gasteiger partial charge in [-0.25, -0.2) is 0 Å². The van der Waals surface area contributed by atoms with Gasteiger partial charge in [0, 0.05) is 37.4 Å². The minimum atomic E-state index is -0.163. The molecule has 1 N–H and O–H groups in total. The van der Waals surface area contributed by atoms with E-state index in [2.05, 4.69) is 74.9 Å². The van der Waals surface area contributed by atoms with Crippen LogP contribution in [0.2, 0.25) is 0 Å². The van der Waals surface area contributed by atoms with Crippen molar-refractivity contribution in [2.45, 2.75) is 39.2 Å². The number of aryl methyl sites for hydroxylation is 4. The first-order valence-corrected chi connectivity index (χ1v) is 13.9. The second kappa shape index (κ2) is 11.0. The first kappa shape index (κ1) is 25.8. The molecule has 202 valence electrons. The highest BCUT2D eigenvalue weighted by atomic mass is 16.5. The quantitative estimate of drug-likeness (QED) is 0.374. The average Bonchev–Trinajstić information content (AvgIpc) is 3.19. The standard InChI is InChI=1S/C33H33N5O2/c1-22-30(23(2)40-36-22)20-32(39)35-27-13-14-31(26(19-27)21-34)37-15-17-38(18-16-37)33-28-9-5-3-7-24(28)11-12-25-8-4-6-10-29(25)33/h3-10,13-14,19,33H,11-12,15-18,20H2,1-2H3,(H,35,39). The van der Waals surface area contributed by atoms with Crippen molar-refractivity contribution < 1.29 is 9.32 Å². The number of nitriles is 1. The molecule has 1 amide bonds. The lowest BCUT2D eigenvalue weighted by atomic mass is 9.92. The third-order valence-electron chi connectivity index (χ3n) is 8.30. The van der Waals surface area contributed by atoms with E-state index in [0.717, 1.165) is 56.0 Å². The van der Waals surface area contributed by atoms with Crippen molar-refractivity contribution in [3.63, 3.8) is 0 Å². The summed E-state index contributed by atoms with van der Waals surface area (Å²) in [6.07, 6.45) is 2.31. The highest BCUT2D eigenvalue weighted by Gasteiger charge is 2.31. The number of piperazine rings is 1. The van der Waals surface area contributed by atoms with Crippen LogP contribution in [0.4, 0.5) is 11.4 Å². The van der Waals surface area contributed by atoms with Crippen molar-refractivity contribution in [1.82, 2.24) is 10.1 Å².